The average Bonchev–Trinajstić information content (AvgIpc) is 2.22. The molecule has 96 valence electrons. The molecule has 17 heavy (non-hydrogen) atoms. The zero-order valence-electron chi connectivity index (χ0n) is 10.9. The minimum Gasteiger partial charge on any atom is -0.370 e. The summed E-state index contributed by atoms with van der Waals surface area (Å²) in [5, 5.41) is 2.44. The Hall–Kier alpha value is -1.17. The van der Waals surface area contributed by atoms with E-state index in [1.165, 1.54) is 6.26 Å². The number of aromatic nitrogens is 2. The maximum Gasteiger partial charge on any atom is 0.157 e. The van der Waals surface area contributed by atoms with Crippen LogP contribution in [-0.4, -0.2) is 31.2 Å². The Labute approximate surface area is 103 Å². The Kier molecular flexibility index (Phi) is 4.08. The van der Waals surface area contributed by atoms with Crippen LogP contribution in [0.4, 0.5) is 5.82 Å². The summed E-state index contributed by atoms with van der Waals surface area (Å²) in [7, 11) is -3.17. The van der Waals surface area contributed by atoms with Gasteiger partial charge < -0.3 is 5.32 Å². The third kappa shape index (κ3) is 3.15. The van der Waals surface area contributed by atoms with E-state index in [-0.39, 0.29) is 0 Å². The van der Waals surface area contributed by atoms with Gasteiger partial charge >= 0.3 is 0 Å². The fourth-order valence-electron chi connectivity index (χ4n) is 1.36. The van der Waals surface area contributed by atoms with Gasteiger partial charge in [0.2, 0.25) is 0 Å². The first-order valence-corrected chi connectivity index (χ1v) is 7.50. The van der Waals surface area contributed by atoms with Crippen molar-refractivity contribution < 1.29 is 8.42 Å². The molecule has 0 amide bonds. The van der Waals surface area contributed by atoms with E-state index in [1.54, 1.807) is 6.92 Å². The second-order valence-corrected chi connectivity index (χ2v) is 6.51. The molecule has 1 unspecified atom stereocenters. The summed E-state index contributed by atoms with van der Waals surface area (Å²) in [6.07, 6.45) is 1.20. The molecule has 6 heteroatoms. The Bertz CT molecular complexity index is 512. The second kappa shape index (κ2) is 5.00. The lowest BCUT2D eigenvalue weighted by Gasteiger charge is -2.14. The zero-order chi connectivity index (χ0) is 13.2. The monoisotopic (exact) mass is 257 g/mol. The number of hydrogen-bond acceptors (Lipinski definition) is 5. The van der Waals surface area contributed by atoms with Crippen LogP contribution in [0, 0.1) is 13.8 Å². The molecule has 0 saturated carbocycles. The number of sulfone groups is 1. The van der Waals surface area contributed by atoms with Crippen LogP contribution in [0.5, 0.6) is 0 Å². The summed E-state index contributed by atoms with van der Waals surface area (Å²) in [5.41, 5.74) is 1.76. The van der Waals surface area contributed by atoms with Gasteiger partial charge in [0.25, 0.3) is 0 Å². The highest BCUT2D eigenvalue weighted by Crippen LogP contribution is 2.22. The number of nitrogens with one attached hydrogen (secondary N) is 1. The Balaban J connectivity index is 3.28. The molecular weight excluding hydrogens is 238 g/mol. The minimum atomic E-state index is -3.17. The van der Waals surface area contributed by atoms with Crippen LogP contribution >= 0.6 is 0 Å². The van der Waals surface area contributed by atoms with Crippen molar-refractivity contribution in [2.45, 2.75) is 32.9 Å². The second-order valence-electron chi connectivity index (χ2n) is 4.14. The number of hydrogen-bond donors (Lipinski definition) is 1. The van der Waals surface area contributed by atoms with Crippen molar-refractivity contribution in [3.05, 3.63) is 17.1 Å². The normalized spacial score (nSPS) is 13.5. The standard InChI is InChI=1S/C11H19N3O2S/c1-6-12-10-7(2)8(3)13-11(14-10)9(4)17(5,15)16/h9H,6H2,1-5H3,(H,12,13,14). The Morgan fingerprint density at radius 1 is 1.29 bits per heavy atom. The highest BCUT2D eigenvalue weighted by Gasteiger charge is 2.21. The topological polar surface area (TPSA) is 72.0 Å². The van der Waals surface area contributed by atoms with E-state index in [0.29, 0.717) is 11.6 Å². The number of anilines is 1. The molecule has 0 aliphatic heterocycles. The van der Waals surface area contributed by atoms with Gasteiger partial charge in [-0.1, -0.05) is 0 Å². The van der Waals surface area contributed by atoms with E-state index in [9.17, 15) is 8.42 Å². The van der Waals surface area contributed by atoms with E-state index in [1.807, 2.05) is 20.8 Å². The largest absolute Gasteiger partial charge is 0.370 e. The maximum absolute atomic E-state index is 11.5. The van der Waals surface area contributed by atoms with E-state index in [4.69, 9.17) is 0 Å². The van der Waals surface area contributed by atoms with Crippen LogP contribution in [0.25, 0.3) is 0 Å². The number of nitrogens with zero attached hydrogens (tertiary/aromatic N) is 2. The molecule has 1 aromatic heterocycles. The van der Waals surface area contributed by atoms with Gasteiger partial charge in [-0.2, -0.15) is 0 Å². The van der Waals surface area contributed by atoms with Gasteiger partial charge in [-0.3, -0.25) is 0 Å². The molecule has 0 aliphatic carbocycles. The van der Waals surface area contributed by atoms with Crippen LogP contribution in [0.3, 0.4) is 0 Å². The van der Waals surface area contributed by atoms with E-state index in [0.717, 1.165) is 17.8 Å². The van der Waals surface area contributed by atoms with Gasteiger partial charge in [-0.05, 0) is 27.7 Å². The molecule has 1 aromatic rings. The SMILES string of the molecule is CCNc1nc(C(C)S(C)(=O)=O)nc(C)c1C. The first kappa shape index (κ1) is 13.9. The van der Waals surface area contributed by atoms with Crippen molar-refractivity contribution in [3.63, 3.8) is 0 Å². The highest BCUT2D eigenvalue weighted by molar-refractivity contribution is 7.90. The molecule has 0 fully saturated rings. The quantitative estimate of drug-likeness (QED) is 0.887. The van der Waals surface area contributed by atoms with Crippen LogP contribution in [0.15, 0.2) is 0 Å². The van der Waals surface area contributed by atoms with Crippen molar-refractivity contribution in [2.24, 2.45) is 0 Å². The summed E-state index contributed by atoms with van der Waals surface area (Å²) in [6, 6.07) is 0. The third-order valence-corrected chi connectivity index (χ3v) is 4.25. The average molecular weight is 257 g/mol. The van der Waals surface area contributed by atoms with Crippen molar-refractivity contribution in [1.29, 1.82) is 0 Å². The summed E-state index contributed by atoms with van der Waals surface area (Å²) < 4.78 is 23.0. The van der Waals surface area contributed by atoms with Crippen LogP contribution in [0.1, 0.15) is 36.2 Å². The van der Waals surface area contributed by atoms with Gasteiger partial charge in [-0.15, -0.1) is 0 Å². The third-order valence-electron chi connectivity index (χ3n) is 2.76. The molecular formula is C11H19N3O2S. The van der Waals surface area contributed by atoms with Crippen molar-refractivity contribution in [1.82, 2.24) is 9.97 Å². The summed E-state index contributed by atoms with van der Waals surface area (Å²) >= 11 is 0. The molecule has 0 saturated heterocycles. The lowest BCUT2D eigenvalue weighted by Crippen LogP contribution is -2.15. The van der Waals surface area contributed by atoms with Gasteiger partial charge in [-0.25, -0.2) is 18.4 Å². The summed E-state index contributed by atoms with van der Waals surface area (Å²) in [5.74, 6) is 1.07. The van der Waals surface area contributed by atoms with E-state index in [2.05, 4.69) is 15.3 Å². The smallest absolute Gasteiger partial charge is 0.157 e. The molecule has 5 nitrogen and oxygen atoms in total. The van der Waals surface area contributed by atoms with Crippen molar-refractivity contribution in [3.8, 4) is 0 Å². The van der Waals surface area contributed by atoms with E-state index >= 15 is 0 Å². The Morgan fingerprint density at radius 2 is 1.88 bits per heavy atom. The van der Waals surface area contributed by atoms with E-state index < -0.39 is 15.1 Å². The first-order chi connectivity index (χ1) is 7.77. The molecule has 0 radical (unpaired) electrons. The fourth-order valence-corrected chi connectivity index (χ4v) is 1.85. The van der Waals surface area contributed by atoms with Gasteiger partial charge in [0.15, 0.2) is 9.84 Å². The van der Waals surface area contributed by atoms with Gasteiger partial charge in [0, 0.05) is 24.1 Å². The lowest BCUT2D eigenvalue weighted by molar-refractivity contribution is 0.589. The van der Waals surface area contributed by atoms with Crippen molar-refractivity contribution in [2.75, 3.05) is 18.1 Å². The van der Waals surface area contributed by atoms with Gasteiger partial charge in [0.1, 0.15) is 16.9 Å². The van der Waals surface area contributed by atoms with Gasteiger partial charge in [0.05, 0.1) is 0 Å². The first-order valence-electron chi connectivity index (χ1n) is 5.55. The molecule has 0 aromatic carbocycles. The number of aryl methyl sites for hydroxylation is 1. The lowest BCUT2D eigenvalue weighted by atomic mass is 10.2. The minimum absolute atomic E-state index is 0.353. The Morgan fingerprint density at radius 3 is 2.35 bits per heavy atom. The van der Waals surface area contributed by atoms with Crippen LogP contribution < -0.4 is 5.32 Å². The summed E-state index contributed by atoms with van der Waals surface area (Å²) in [4.78, 5) is 8.54. The summed E-state index contributed by atoms with van der Waals surface area (Å²) in [6.45, 7) is 8.09. The number of rotatable bonds is 4. The zero-order valence-corrected chi connectivity index (χ0v) is 11.7. The van der Waals surface area contributed by atoms with Crippen LogP contribution in [0.2, 0.25) is 0 Å². The molecule has 0 spiro atoms. The highest BCUT2D eigenvalue weighted by atomic mass is 32.2. The predicted molar refractivity (Wildman–Crippen MR) is 68.9 cm³/mol. The fraction of sp³-hybridized carbons (Fsp3) is 0.636. The molecule has 1 heterocycles. The molecule has 1 N–H and O–H groups in total. The van der Waals surface area contributed by atoms with Crippen molar-refractivity contribution >= 4 is 15.7 Å². The predicted octanol–water partition coefficient (Wildman–Crippen LogP) is 1.63. The van der Waals surface area contributed by atoms with Crippen LogP contribution in [-0.2, 0) is 9.84 Å². The molecule has 0 aliphatic rings. The molecule has 1 atom stereocenters. The molecule has 1 rings (SSSR count). The maximum atomic E-state index is 11.5. The molecule has 0 bridgehead atoms.